The molecule has 0 aliphatic rings. The van der Waals surface area contributed by atoms with Crippen molar-refractivity contribution in [1.29, 1.82) is 0 Å². The molecule has 0 nitrogen and oxygen atoms in total. The van der Waals surface area contributed by atoms with Gasteiger partial charge in [0.1, 0.15) is 0 Å². The predicted molar refractivity (Wildman–Crippen MR) is 5.75 cm³/mol. The molecule has 0 N–H and O–H groups in total. The van der Waals surface area contributed by atoms with Crippen LogP contribution in [0.25, 0.3) is 0 Å². The van der Waals surface area contributed by atoms with E-state index < -0.39 is 0 Å². The Bertz CT molecular complexity index is 8.00. The van der Waals surface area contributed by atoms with Crippen molar-refractivity contribution in [1.82, 2.24) is 0 Å². The van der Waals surface area contributed by atoms with Crippen LogP contribution in [0.15, 0.2) is 0 Å². The van der Waals surface area contributed by atoms with Crippen LogP contribution in [0.3, 0.4) is 0 Å². The molecule has 0 unspecified atom stereocenters. The average molecular weight is 400 g/mol. The van der Waals surface area contributed by atoms with Crippen LogP contribution in [0.5, 0.6) is 0 Å². The molecule has 4 heavy (non-hydrogen) atoms. The van der Waals surface area contributed by atoms with E-state index in [1.54, 1.807) is 0 Å². The van der Waals surface area contributed by atoms with Crippen LogP contribution in [-0.4, -0.2) is 17.4 Å². The van der Waals surface area contributed by atoms with E-state index in [0.717, 1.165) is 0 Å². The molecule has 0 aromatic heterocycles. The van der Waals surface area contributed by atoms with Crippen LogP contribution in [0, 0.1) is 0 Å². The van der Waals surface area contributed by atoms with E-state index in [4.69, 9.17) is 0 Å². The quantitative estimate of drug-likeness (QED) is 0.487. The second kappa shape index (κ2) is 17.4. The maximum absolute atomic E-state index is 0. The maximum Gasteiger partial charge on any atom is 0 e. The van der Waals surface area contributed by atoms with Crippen molar-refractivity contribution in [2.24, 2.45) is 0 Å². The molecule has 0 aromatic rings. The first-order chi connectivity index (χ1) is 0. The topological polar surface area (TPSA) is 0 Å². The Morgan fingerprint density at radius 2 is 1.00 bits per heavy atom. The third kappa shape index (κ3) is 8.82. The molecular formula is AlMoNbW. The van der Waals surface area contributed by atoms with Gasteiger partial charge in [0, 0.05) is 81.9 Å². The number of rotatable bonds is 0. The third-order valence-electron chi connectivity index (χ3n) is 0. The van der Waals surface area contributed by atoms with Crippen LogP contribution in [0.4, 0.5) is 0 Å². The first-order valence-corrected chi connectivity index (χ1v) is 0. The molecule has 0 bridgehead atoms. The molecule has 0 saturated heterocycles. The second-order valence-corrected chi connectivity index (χ2v) is 0. The summed E-state index contributed by atoms with van der Waals surface area (Å²) in [4.78, 5) is 0. The predicted octanol–water partition coefficient (Wildman–Crippen LogP) is -0.388. The molecule has 0 heterocycles. The van der Waals surface area contributed by atoms with Gasteiger partial charge < -0.3 is 0 Å². The van der Waals surface area contributed by atoms with E-state index in [2.05, 4.69) is 0 Å². The molecule has 0 amide bonds. The molecular weight excluding hydrogens is 400 g/mol. The molecule has 0 rings (SSSR count). The van der Waals surface area contributed by atoms with Gasteiger partial charge in [0.15, 0.2) is 0 Å². The van der Waals surface area contributed by atoms with E-state index >= 15 is 0 Å². The van der Waals surface area contributed by atoms with Gasteiger partial charge in [-0.2, -0.15) is 0 Å². The van der Waals surface area contributed by atoms with Gasteiger partial charge in [-0.3, -0.25) is 0 Å². The smallest absolute Gasteiger partial charge is 0 e. The second-order valence-electron chi connectivity index (χ2n) is 0. The van der Waals surface area contributed by atoms with Crippen molar-refractivity contribution in [3.8, 4) is 0 Å². The fraction of sp³-hybridized carbons (Fsp3) is 0. The summed E-state index contributed by atoms with van der Waals surface area (Å²) >= 11 is 0. The van der Waals surface area contributed by atoms with Crippen LogP contribution >= 0.6 is 0 Å². The van der Waals surface area contributed by atoms with Crippen LogP contribution in [0.1, 0.15) is 0 Å². The Kier molecular flexibility index (Phi) is 132. The Balaban J connectivity index is 0. The summed E-state index contributed by atoms with van der Waals surface area (Å²) in [6, 6.07) is 0. The van der Waals surface area contributed by atoms with Crippen molar-refractivity contribution in [2.45, 2.75) is 0 Å². The largest absolute Gasteiger partial charge is 0 e. The molecule has 0 aliphatic carbocycles. The zero-order chi connectivity index (χ0) is 0. The van der Waals surface area contributed by atoms with Crippen molar-refractivity contribution in [2.75, 3.05) is 0 Å². The molecule has 0 spiro atoms. The minimum atomic E-state index is 0. The molecule has 4 heteroatoms. The number of hydrogen-bond acceptors (Lipinski definition) is 0. The zero-order valence-corrected chi connectivity index (χ0v) is 10.1. The minimum absolute atomic E-state index is 0. The molecule has 0 atom stereocenters. The van der Waals surface area contributed by atoms with Crippen LogP contribution in [-0.2, 0) is 64.5 Å². The van der Waals surface area contributed by atoms with E-state index in [-0.39, 0.29) is 81.9 Å². The van der Waals surface area contributed by atoms with E-state index in [1.165, 1.54) is 0 Å². The minimum Gasteiger partial charge on any atom is 0 e. The number of hydrogen-bond donors (Lipinski definition) is 0. The molecule has 0 aromatic carbocycles. The summed E-state index contributed by atoms with van der Waals surface area (Å²) < 4.78 is 0. The van der Waals surface area contributed by atoms with Crippen molar-refractivity contribution < 1.29 is 64.5 Å². The van der Waals surface area contributed by atoms with Gasteiger partial charge in [-0.15, -0.1) is 0 Å². The van der Waals surface area contributed by atoms with Gasteiger partial charge in [-0.1, -0.05) is 0 Å². The van der Waals surface area contributed by atoms with Crippen LogP contribution < -0.4 is 0 Å². The first kappa shape index (κ1) is 30.2. The van der Waals surface area contributed by atoms with Gasteiger partial charge >= 0.3 is 0 Å². The van der Waals surface area contributed by atoms with Crippen molar-refractivity contribution in [3.63, 3.8) is 0 Å². The summed E-state index contributed by atoms with van der Waals surface area (Å²) in [5.41, 5.74) is 0. The van der Waals surface area contributed by atoms with Gasteiger partial charge in [0.25, 0.3) is 0 Å². The average Bonchev–Trinajstić information content (AvgIpc) is 0. The van der Waals surface area contributed by atoms with Crippen molar-refractivity contribution >= 4 is 17.4 Å². The Hall–Kier alpha value is 2.65. The Labute approximate surface area is 80.7 Å². The summed E-state index contributed by atoms with van der Waals surface area (Å²) in [6.45, 7) is 0. The Morgan fingerprint density at radius 1 is 1.00 bits per heavy atom. The summed E-state index contributed by atoms with van der Waals surface area (Å²) in [6.07, 6.45) is 0. The molecule has 0 aliphatic heterocycles. The fourth-order valence-electron chi connectivity index (χ4n) is 0. The third-order valence-corrected chi connectivity index (χ3v) is 0. The van der Waals surface area contributed by atoms with Gasteiger partial charge in [-0.25, -0.2) is 0 Å². The standard InChI is InChI=1S/Al.Mo.Nb.W. The van der Waals surface area contributed by atoms with Gasteiger partial charge in [-0.05, 0) is 0 Å². The molecule has 0 fully saturated rings. The van der Waals surface area contributed by atoms with Crippen LogP contribution in [0.2, 0.25) is 0 Å². The molecule has 4 radical (unpaired) electrons. The first-order valence-electron chi connectivity index (χ1n) is 0. The van der Waals surface area contributed by atoms with Gasteiger partial charge in [0.2, 0.25) is 0 Å². The van der Waals surface area contributed by atoms with Gasteiger partial charge in [0.05, 0.1) is 0 Å². The fourth-order valence-corrected chi connectivity index (χ4v) is 0. The maximum atomic E-state index is 0. The normalized spacial score (nSPS) is 0. The zero-order valence-electron chi connectivity index (χ0n) is 1.84. The SMILES string of the molecule is [Al].[Mo].[Nb].[W]. The monoisotopic (exact) mass is 402 g/mol. The molecule has 20 valence electrons. The molecule has 0 saturated carbocycles. The summed E-state index contributed by atoms with van der Waals surface area (Å²) in [5, 5.41) is 0. The van der Waals surface area contributed by atoms with E-state index in [1.807, 2.05) is 0 Å². The van der Waals surface area contributed by atoms with E-state index in [0.29, 0.717) is 0 Å². The Morgan fingerprint density at radius 3 is 1.00 bits per heavy atom. The van der Waals surface area contributed by atoms with E-state index in [9.17, 15) is 0 Å². The summed E-state index contributed by atoms with van der Waals surface area (Å²) in [7, 11) is 0. The summed E-state index contributed by atoms with van der Waals surface area (Å²) in [5.74, 6) is 0. The van der Waals surface area contributed by atoms with Crippen molar-refractivity contribution in [3.05, 3.63) is 0 Å².